The van der Waals surface area contributed by atoms with Gasteiger partial charge in [0.1, 0.15) is 6.54 Å². The van der Waals surface area contributed by atoms with E-state index < -0.39 is 0 Å². The maximum atomic E-state index is 12.6. The number of rotatable bonds is 5. The minimum absolute atomic E-state index is 0.0274. The number of halogens is 1. The minimum Gasteiger partial charge on any atom is -0.300 e. The number of carbonyl (C=O) groups excluding carboxylic acids is 1. The van der Waals surface area contributed by atoms with Crippen LogP contribution < -0.4 is 5.32 Å². The summed E-state index contributed by atoms with van der Waals surface area (Å²) in [5.41, 5.74) is 3.53. The lowest BCUT2D eigenvalue weighted by Crippen LogP contribution is -2.19. The summed E-state index contributed by atoms with van der Waals surface area (Å²) in [7, 11) is 0. The van der Waals surface area contributed by atoms with Crippen molar-refractivity contribution in [1.29, 1.82) is 0 Å². The summed E-state index contributed by atoms with van der Waals surface area (Å²) >= 11 is 12.9. The van der Waals surface area contributed by atoms with Gasteiger partial charge in [-0.3, -0.25) is 14.5 Å². The number of hydrogen-bond donors (Lipinski definition) is 2. The fourth-order valence-corrected chi connectivity index (χ4v) is 4.05. The Morgan fingerprint density at radius 2 is 2.10 bits per heavy atom. The Kier molecular flexibility index (Phi) is 5.57. The van der Waals surface area contributed by atoms with Gasteiger partial charge < -0.3 is 5.32 Å². The monoisotopic (exact) mass is 441 g/mol. The van der Waals surface area contributed by atoms with E-state index in [1.54, 1.807) is 4.57 Å². The van der Waals surface area contributed by atoms with Gasteiger partial charge in [0, 0.05) is 21.5 Å². The van der Waals surface area contributed by atoms with E-state index in [2.05, 4.69) is 20.5 Å². The Morgan fingerprint density at radius 3 is 2.90 bits per heavy atom. The van der Waals surface area contributed by atoms with E-state index in [0.29, 0.717) is 20.7 Å². The van der Waals surface area contributed by atoms with E-state index in [0.717, 1.165) is 22.4 Å². The van der Waals surface area contributed by atoms with Crippen LogP contribution in [-0.4, -0.2) is 25.7 Å². The molecule has 0 aliphatic heterocycles. The van der Waals surface area contributed by atoms with Crippen molar-refractivity contribution in [3.8, 4) is 22.6 Å². The number of nitrogens with zero attached hydrogens (tertiary/aromatic N) is 3. The molecular weight excluding hydrogens is 426 g/mol. The van der Waals surface area contributed by atoms with Crippen molar-refractivity contribution in [2.75, 3.05) is 5.32 Å². The van der Waals surface area contributed by atoms with Crippen molar-refractivity contribution in [2.24, 2.45) is 0 Å². The van der Waals surface area contributed by atoms with Gasteiger partial charge in [-0.2, -0.15) is 5.10 Å². The number of anilines is 1. The van der Waals surface area contributed by atoms with E-state index in [1.807, 2.05) is 60.8 Å². The van der Waals surface area contributed by atoms with Gasteiger partial charge in [0.25, 0.3) is 0 Å². The van der Waals surface area contributed by atoms with Crippen LogP contribution in [0.3, 0.4) is 0 Å². The summed E-state index contributed by atoms with van der Waals surface area (Å²) in [4.78, 5) is 17.1. The number of thiazole rings is 1. The van der Waals surface area contributed by atoms with Gasteiger partial charge in [0.05, 0.1) is 5.69 Å². The van der Waals surface area contributed by atoms with Gasteiger partial charge >= 0.3 is 0 Å². The fourth-order valence-electron chi connectivity index (χ4n) is 2.90. The van der Waals surface area contributed by atoms with Crippen LogP contribution >= 0.6 is 35.2 Å². The Bertz CT molecular complexity index is 1240. The predicted molar refractivity (Wildman–Crippen MR) is 119 cm³/mol. The first-order valence-corrected chi connectivity index (χ1v) is 10.4. The summed E-state index contributed by atoms with van der Waals surface area (Å²) in [6.07, 6.45) is 0. The second-order valence-electron chi connectivity index (χ2n) is 6.37. The summed E-state index contributed by atoms with van der Waals surface area (Å²) in [5, 5.41) is 12.8. The molecule has 6 nitrogen and oxygen atoms in total. The largest absolute Gasteiger partial charge is 0.300 e. The number of hydrogen-bond acceptors (Lipinski definition) is 5. The molecule has 0 aliphatic rings. The lowest BCUT2D eigenvalue weighted by molar-refractivity contribution is -0.116. The molecule has 0 bridgehead atoms. The molecule has 0 saturated carbocycles. The first-order valence-electron chi connectivity index (χ1n) is 8.74. The zero-order valence-corrected chi connectivity index (χ0v) is 17.7. The van der Waals surface area contributed by atoms with E-state index in [4.69, 9.17) is 23.8 Å². The Morgan fingerprint density at radius 1 is 1.28 bits per heavy atom. The first-order chi connectivity index (χ1) is 14.0. The van der Waals surface area contributed by atoms with E-state index in [-0.39, 0.29) is 12.5 Å². The summed E-state index contributed by atoms with van der Waals surface area (Å²) in [5.74, 6) is 0.376. The number of aryl methyl sites for hydroxylation is 1. The molecule has 1 amide bonds. The van der Waals surface area contributed by atoms with Crippen LogP contribution in [0.15, 0.2) is 53.9 Å². The maximum Gasteiger partial charge on any atom is 0.246 e. The van der Waals surface area contributed by atoms with E-state index >= 15 is 0 Å². The highest BCUT2D eigenvalue weighted by Crippen LogP contribution is 2.30. The second kappa shape index (κ2) is 8.28. The zero-order chi connectivity index (χ0) is 20.4. The number of amides is 1. The van der Waals surface area contributed by atoms with Crippen LogP contribution in [0.4, 0.5) is 5.13 Å². The number of carbonyl (C=O) groups is 1. The van der Waals surface area contributed by atoms with Crippen molar-refractivity contribution >= 4 is 46.2 Å². The predicted octanol–water partition coefficient (Wildman–Crippen LogP) is 5.33. The highest BCUT2D eigenvalue weighted by molar-refractivity contribution is 7.71. The first kappa shape index (κ1) is 19.5. The molecule has 0 fully saturated rings. The highest BCUT2D eigenvalue weighted by atomic mass is 35.5. The van der Waals surface area contributed by atoms with Crippen molar-refractivity contribution in [3.63, 3.8) is 0 Å². The quantitative estimate of drug-likeness (QED) is 0.410. The second-order valence-corrected chi connectivity index (χ2v) is 8.03. The van der Waals surface area contributed by atoms with Crippen molar-refractivity contribution in [1.82, 2.24) is 19.7 Å². The van der Waals surface area contributed by atoms with Crippen molar-refractivity contribution in [2.45, 2.75) is 13.5 Å². The van der Waals surface area contributed by atoms with E-state index in [9.17, 15) is 4.79 Å². The molecule has 146 valence electrons. The van der Waals surface area contributed by atoms with Gasteiger partial charge in [0.2, 0.25) is 5.91 Å². The third-order valence-corrected chi connectivity index (χ3v) is 5.64. The van der Waals surface area contributed by atoms with Crippen LogP contribution in [0.5, 0.6) is 0 Å². The third kappa shape index (κ3) is 4.29. The van der Waals surface area contributed by atoms with Crippen LogP contribution in [-0.2, 0) is 11.3 Å². The van der Waals surface area contributed by atoms with Crippen molar-refractivity contribution < 1.29 is 4.79 Å². The van der Waals surface area contributed by atoms with Crippen LogP contribution in [0.2, 0.25) is 5.02 Å². The molecular formula is C20H16ClN5OS2. The molecule has 2 aromatic carbocycles. The standard InChI is InChI=1S/C20H16ClN5OS2/c1-12-5-4-6-13(9-12)18-24-25-20(28)26(18)10-17(27)23-19-22-16(11-29-19)14-7-2-3-8-15(14)21/h2-9,11H,10H2,1H3,(H,25,28)(H,22,23,27). The minimum atomic E-state index is -0.239. The number of nitrogens with one attached hydrogen (secondary N) is 2. The topological polar surface area (TPSA) is 75.6 Å². The molecule has 29 heavy (non-hydrogen) atoms. The number of aromatic nitrogens is 4. The molecule has 2 aromatic heterocycles. The number of benzene rings is 2. The Labute approximate surface area is 181 Å². The average molecular weight is 442 g/mol. The Hall–Kier alpha value is -2.81. The summed E-state index contributed by atoms with van der Waals surface area (Å²) in [6, 6.07) is 15.3. The fraction of sp³-hybridized carbons (Fsp3) is 0.100. The summed E-state index contributed by atoms with van der Waals surface area (Å²) in [6.45, 7) is 2.03. The van der Waals surface area contributed by atoms with Gasteiger partial charge in [-0.15, -0.1) is 11.3 Å². The number of H-pyrrole nitrogens is 1. The SMILES string of the molecule is Cc1cccc(-c2n[nH]c(=S)n2CC(=O)Nc2nc(-c3ccccc3Cl)cs2)c1. The smallest absolute Gasteiger partial charge is 0.246 e. The van der Waals surface area contributed by atoms with Crippen LogP contribution in [0.1, 0.15) is 5.56 Å². The molecule has 0 saturated heterocycles. The molecule has 0 unspecified atom stereocenters. The van der Waals surface area contributed by atoms with Crippen LogP contribution in [0.25, 0.3) is 22.6 Å². The van der Waals surface area contributed by atoms with Gasteiger partial charge in [-0.05, 0) is 31.3 Å². The van der Waals surface area contributed by atoms with Gasteiger partial charge in [-0.25, -0.2) is 4.98 Å². The summed E-state index contributed by atoms with van der Waals surface area (Å²) < 4.78 is 2.05. The molecule has 0 radical (unpaired) electrons. The lowest BCUT2D eigenvalue weighted by atomic mass is 10.1. The van der Waals surface area contributed by atoms with Crippen LogP contribution in [0, 0.1) is 11.7 Å². The normalized spacial score (nSPS) is 10.8. The molecule has 0 aliphatic carbocycles. The molecule has 2 heterocycles. The van der Waals surface area contributed by atoms with E-state index in [1.165, 1.54) is 11.3 Å². The maximum absolute atomic E-state index is 12.6. The molecule has 0 spiro atoms. The molecule has 4 aromatic rings. The van der Waals surface area contributed by atoms with Gasteiger partial charge in [0.15, 0.2) is 15.7 Å². The Balaban J connectivity index is 1.53. The van der Waals surface area contributed by atoms with Gasteiger partial charge in [-0.1, -0.05) is 53.6 Å². The average Bonchev–Trinajstić information content (AvgIpc) is 3.29. The number of aromatic amines is 1. The molecule has 9 heteroatoms. The third-order valence-electron chi connectivity index (χ3n) is 4.24. The molecule has 2 N–H and O–H groups in total. The van der Waals surface area contributed by atoms with Crippen molar-refractivity contribution in [3.05, 3.63) is 69.3 Å². The molecule has 4 rings (SSSR count). The highest BCUT2D eigenvalue weighted by Gasteiger charge is 2.14. The zero-order valence-electron chi connectivity index (χ0n) is 15.3. The molecule has 0 atom stereocenters. The lowest BCUT2D eigenvalue weighted by Gasteiger charge is -2.07.